The SMILES string of the molecule is Cc1ccc2c(c1)CNC[C@H]2F. The van der Waals surface area contributed by atoms with E-state index in [1.54, 1.807) is 0 Å². The smallest absolute Gasteiger partial charge is 0.138 e. The Balaban J connectivity index is 2.46. The predicted molar refractivity (Wildman–Crippen MR) is 46.7 cm³/mol. The molecule has 1 aliphatic heterocycles. The minimum absolute atomic E-state index is 0.454. The molecule has 1 atom stereocenters. The molecule has 0 amide bonds. The largest absolute Gasteiger partial charge is 0.309 e. The molecule has 1 aromatic rings. The van der Waals surface area contributed by atoms with E-state index in [9.17, 15) is 4.39 Å². The van der Waals surface area contributed by atoms with Crippen LogP contribution in [0.3, 0.4) is 0 Å². The minimum atomic E-state index is -0.825. The van der Waals surface area contributed by atoms with E-state index in [2.05, 4.69) is 5.32 Å². The van der Waals surface area contributed by atoms with E-state index in [-0.39, 0.29) is 0 Å². The van der Waals surface area contributed by atoms with Gasteiger partial charge >= 0.3 is 0 Å². The fraction of sp³-hybridized carbons (Fsp3) is 0.400. The first-order valence-corrected chi connectivity index (χ1v) is 4.21. The van der Waals surface area contributed by atoms with Gasteiger partial charge in [0.05, 0.1) is 0 Å². The summed E-state index contributed by atoms with van der Waals surface area (Å²) in [6.45, 7) is 3.29. The Morgan fingerprint density at radius 2 is 2.33 bits per heavy atom. The molecule has 1 aromatic carbocycles. The van der Waals surface area contributed by atoms with E-state index in [4.69, 9.17) is 0 Å². The number of halogens is 1. The van der Waals surface area contributed by atoms with Crippen LogP contribution in [-0.2, 0) is 6.54 Å². The topological polar surface area (TPSA) is 12.0 Å². The van der Waals surface area contributed by atoms with E-state index < -0.39 is 6.17 Å². The average Bonchev–Trinajstić information content (AvgIpc) is 2.04. The highest BCUT2D eigenvalue weighted by Crippen LogP contribution is 2.25. The highest BCUT2D eigenvalue weighted by Gasteiger charge is 2.18. The van der Waals surface area contributed by atoms with Crippen LogP contribution in [0.5, 0.6) is 0 Å². The molecule has 1 nitrogen and oxygen atoms in total. The molecular weight excluding hydrogens is 153 g/mol. The van der Waals surface area contributed by atoms with E-state index in [1.165, 1.54) is 5.56 Å². The quantitative estimate of drug-likeness (QED) is 0.620. The average molecular weight is 165 g/mol. The second-order valence-electron chi connectivity index (χ2n) is 3.30. The maximum absolute atomic E-state index is 13.2. The van der Waals surface area contributed by atoms with Crippen molar-refractivity contribution in [3.63, 3.8) is 0 Å². The molecule has 12 heavy (non-hydrogen) atoms. The molecule has 0 aromatic heterocycles. The first kappa shape index (κ1) is 7.74. The first-order chi connectivity index (χ1) is 5.77. The highest BCUT2D eigenvalue weighted by molar-refractivity contribution is 5.34. The molecule has 0 radical (unpaired) electrons. The molecule has 0 unspecified atom stereocenters. The maximum Gasteiger partial charge on any atom is 0.138 e. The molecule has 2 heteroatoms. The molecule has 64 valence electrons. The molecular formula is C10H12FN. The van der Waals surface area contributed by atoms with E-state index in [0.717, 1.165) is 17.7 Å². The van der Waals surface area contributed by atoms with Crippen molar-refractivity contribution < 1.29 is 4.39 Å². The van der Waals surface area contributed by atoms with Crippen LogP contribution in [0, 0.1) is 6.92 Å². The van der Waals surface area contributed by atoms with Crippen LogP contribution < -0.4 is 5.32 Å². The maximum atomic E-state index is 13.2. The van der Waals surface area contributed by atoms with Crippen molar-refractivity contribution in [2.45, 2.75) is 19.6 Å². The van der Waals surface area contributed by atoms with E-state index in [1.807, 2.05) is 25.1 Å². The molecule has 2 rings (SSSR count). The van der Waals surface area contributed by atoms with Crippen LogP contribution in [0.15, 0.2) is 18.2 Å². The molecule has 0 fully saturated rings. The second-order valence-corrected chi connectivity index (χ2v) is 3.30. The molecule has 0 saturated heterocycles. The number of benzene rings is 1. The molecule has 0 saturated carbocycles. The Labute approximate surface area is 71.6 Å². The van der Waals surface area contributed by atoms with Gasteiger partial charge < -0.3 is 5.32 Å². The summed E-state index contributed by atoms with van der Waals surface area (Å²) in [5, 5.41) is 3.04. The highest BCUT2D eigenvalue weighted by atomic mass is 19.1. The summed E-state index contributed by atoms with van der Waals surface area (Å²) in [6.07, 6.45) is -0.825. The number of rotatable bonds is 0. The fourth-order valence-electron chi connectivity index (χ4n) is 1.64. The number of nitrogens with one attached hydrogen (secondary N) is 1. The number of aryl methyl sites for hydroxylation is 1. The Hall–Kier alpha value is -0.890. The summed E-state index contributed by atoms with van der Waals surface area (Å²) in [4.78, 5) is 0. The summed E-state index contributed by atoms with van der Waals surface area (Å²) < 4.78 is 13.2. The first-order valence-electron chi connectivity index (χ1n) is 4.21. The monoisotopic (exact) mass is 165 g/mol. The molecule has 0 bridgehead atoms. The van der Waals surface area contributed by atoms with Gasteiger partial charge in [-0.15, -0.1) is 0 Å². The number of hydrogen-bond acceptors (Lipinski definition) is 1. The summed E-state index contributed by atoms with van der Waals surface area (Å²) in [5.41, 5.74) is 3.16. The predicted octanol–water partition coefficient (Wildman–Crippen LogP) is 2.11. The third-order valence-corrected chi connectivity index (χ3v) is 2.27. The van der Waals surface area contributed by atoms with Gasteiger partial charge in [-0.05, 0) is 18.1 Å². The summed E-state index contributed by atoms with van der Waals surface area (Å²) in [6, 6.07) is 5.92. The molecule has 1 N–H and O–H groups in total. The minimum Gasteiger partial charge on any atom is -0.309 e. The number of alkyl halides is 1. The molecule has 0 aliphatic carbocycles. The van der Waals surface area contributed by atoms with Gasteiger partial charge in [0.15, 0.2) is 0 Å². The van der Waals surface area contributed by atoms with Gasteiger partial charge in [0.2, 0.25) is 0 Å². The standard InChI is InChI=1S/C10H12FN/c1-7-2-3-9-8(4-7)5-12-6-10(9)11/h2-4,10,12H,5-6H2,1H3/t10-/m1/s1. The Morgan fingerprint density at radius 1 is 1.50 bits per heavy atom. The summed E-state index contributed by atoms with van der Waals surface area (Å²) in [7, 11) is 0. The van der Waals surface area contributed by atoms with Crippen molar-refractivity contribution >= 4 is 0 Å². The van der Waals surface area contributed by atoms with Crippen LogP contribution in [0.25, 0.3) is 0 Å². The Kier molecular flexibility index (Phi) is 1.85. The van der Waals surface area contributed by atoms with Crippen LogP contribution in [0.1, 0.15) is 22.9 Å². The van der Waals surface area contributed by atoms with Gasteiger partial charge in [-0.3, -0.25) is 0 Å². The third-order valence-electron chi connectivity index (χ3n) is 2.27. The number of fused-ring (bicyclic) bond motifs is 1. The molecule has 0 spiro atoms. The Bertz CT molecular complexity index is 296. The molecule has 1 heterocycles. The van der Waals surface area contributed by atoms with Crippen molar-refractivity contribution in [1.29, 1.82) is 0 Å². The lowest BCUT2D eigenvalue weighted by Gasteiger charge is -2.20. The van der Waals surface area contributed by atoms with Crippen molar-refractivity contribution in [3.8, 4) is 0 Å². The zero-order valence-electron chi connectivity index (χ0n) is 7.10. The van der Waals surface area contributed by atoms with Crippen molar-refractivity contribution in [1.82, 2.24) is 5.32 Å². The lowest BCUT2D eigenvalue weighted by Crippen LogP contribution is -2.25. The Morgan fingerprint density at radius 3 is 3.17 bits per heavy atom. The zero-order valence-corrected chi connectivity index (χ0v) is 7.10. The van der Waals surface area contributed by atoms with E-state index in [0.29, 0.717) is 6.54 Å². The molecule has 1 aliphatic rings. The lowest BCUT2D eigenvalue weighted by atomic mass is 9.98. The summed E-state index contributed by atoms with van der Waals surface area (Å²) in [5.74, 6) is 0. The van der Waals surface area contributed by atoms with Crippen LogP contribution in [0.4, 0.5) is 4.39 Å². The normalized spacial score (nSPS) is 22.0. The van der Waals surface area contributed by atoms with Crippen LogP contribution in [-0.4, -0.2) is 6.54 Å². The van der Waals surface area contributed by atoms with Crippen LogP contribution >= 0.6 is 0 Å². The lowest BCUT2D eigenvalue weighted by molar-refractivity contribution is 0.310. The van der Waals surface area contributed by atoms with Crippen molar-refractivity contribution in [3.05, 3.63) is 34.9 Å². The van der Waals surface area contributed by atoms with Crippen molar-refractivity contribution in [2.24, 2.45) is 0 Å². The number of hydrogen-bond donors (Lipinski definition) is 1. The van der Waals surface area contributed by atoms with Gasteiger partial charge in [-0.25, -0.2) is 4.39 Å². The summed E-state index contributed by atoms with van der Waals surface area (Å²) >= 11 is 0. The van der Waals surface area contributed by atoms with Gasteiger partial charge in [0, 0.05) is 13.1 Å². The second kappa shape index (κ2) is 2.87. The van der Waals surface area contributed by atoms with Gasteiger partial charge in [-0.1, -0.05) is 23.8 Å². The fourth-order valence-corrected chi connectivity index (χ4v) is 1.64. The van der Waals surface area contributed by atoms with Gasteiger partial charge in [-0.2, -0.15) is 0 Å². The van der Waals surface area contributed by atoms with Crippen molar-refractivity contribution in [2.75, 3.05) is 6.54 Å². The van der Waals surface area contributed by atoms with Gasteiger partial charge in [0.1, 0.15) is 6.17 Å². The van der Waals surface area contributed by atoms with Gasteiger partial charge in [0.25, 0.3) is 0 Å². The zero-order chi connectivity index (χ0) is 8.55. The van der Waals surface area contributed by atoms with E-state index >= 15 is 0 Å². The van der Waals surface area contributed by atoms with Crippen LogP contribution in [0.2, 0.25) is 0 Å². The third kappa shape index (κ3) is 1.23.